The Hall–Kier alpha value is -1.58. The molecular formula is C23H30FNO2. The van der Waals surface area contributed by atoms with Crippen LogP contribution in [0.25, 0.3) is 0 Å². The van der Waals surface area contributed by atoms with Gasteiger partial charge in [-0.1, -0.05) is 12.8 Å². The molecule has 1 saturated heterocycles. The molecule has 3 nitrogen and oxygen atoms in total. The first kappa shape index (κ1) is 17.5. The minimum absolute atomic E-state index is 0.154. The van der Waals surface area contributed by atoms with Crippen LogP contribution in [0.5, 0.6) is 5.75 Å². The van der Waals surface area contributed by atoms with Crippen molar-refractivity contribution in [3.05, 3.63) is 29.1 Å². The number of fused-ring (bicyclic) bond motifs is 1. The molecule has 1 amide bonds. The molecule has 0 bridgehead atoms. The van der Waals surface area contributed by atoms with Gasteiger partial charge in [0.15, 0.2) is 0 Å². The summed E-state index contributed by atoms with van der Waals surface area (Å²) < 4.78 is 21.1. The molecule has 3 atom stereocenters. The van der Waals surface area contributed by atoms with Gasteiger partial charge in [-0.25, -0.2) is 4.39 Å². The Labute approximate surface area is 161 Å². The minimum atomic E-state index is -0.424. The molecule has 0 radical (unpaired) electrons. The minimum Gasteiger partial charge on any atom is -0.493 e. The number of hydrogen-bond acceptors (Lipinski definition) is 2. The molecule has 4 heteroatoms. The van der Waals surface area contributed by atoms with Crippen LogP contribution < -0.4 is 4.74 Å². The highest BCUT2D eigenvalue weighted by Crippen LogP contribution is 2.61. The molecule has 1 aromatic rings. The van der Waals surface area contributed by atoms with E-state index in [-0.39, 0.29) is 17.5 Å². The number of ether oxygens (including phenoxy) is 1. The summed E-state index contributed by atoms with van der Waals surface area (Å²) in [4.78, 5) is 14.7. The zero-order valence-electron chi connectivity index (χ0n) is 16.3. The van der Waals surface area contributed by atoms with Crippen LogP contribution in [0.2, 0.25) is 0 Å². The number of halogens is 1. The summed E-state index contributed by atoms with van der Waals surface area (Å²) >= 11 is 0. The number of carbonyl (C=O) groups excluding carboxylic acids is 1. The van der Waals surface area contributed by atoms with Gasteiger partial charge in [0, 0.05) is 24.1 Å². The predicted octanol–water partition coefficient (Wildman–Crippen LogP) is 5.29. The molecule has 3 saturated carbocycles. The fraction of sp³-hybridized carbons (Fsp3) is 0.696. The maximum absolute atomic E-state index is 14.9. The summed E-state index contributed by atoms with van der Waals surface area (Å²) in [6.45, 7) is 3.51. The highest BCUT2D eigenvalue weighted by molar-refractivity contribution is 5.95. The highest BCUT2D eigenvalue weighted by atomic mass is 19.1. The highest BCUT2D eigenvalue weighted by Gasteiger charge is 2.55. The quantitative estimate of drug-likeness (QED) is 0.704. The molecular weight excluding hydrogens is 341 g/mol. The van der Waals surface area contributed by atoms with Gasteiger partial charge in [0.1, 0.15) is 11.6 Å². The fourth-order valence-corrected chi connectivity index (χ4v) is 5.45. The van der Waals surface area contributed by atoms with Crippen LogP contribution >= 0.6 is 0 Å². The van der Waals surface area contributed by atoms with Crippen LogP contribution in [0.15, 0.2) is 12.1 Å². The van der Waals surface area contributed by atoms with Crippen molar-refractivity contribution in [1.82, 2.24) is 4.90 Å². The van der Waals surface area contributed by atoms with E-state index in [0.29, 0.717) is 23.7 Å². The molecule has 5 rings (SSSR count). The van der Waals surface area contributed by atoms with Crippen LogP contribution in [0.3, 0.4) is 0 Å². The number of nitrogens with zero attached hydrogens (tertiary/aromatic N) is 1. The molecule has 0 aromatic heterocycles. The molecule has 2 unspecified atom stereocenters. The Morgan fingerprint density at radius 2 is 2.07 bits per heavy atom. The van der Waals surface area contributed by atoms with Gasteiger partial charge in [0.2, 0.25) is 0 Å². The van der Waals surface area contributed by atoms with E-state index in [1.165, 1.54) is 38.2 Å². The Morgan fingerprint density at radius 3 is 2.78 bits per heavy atom. The summed E-state index contributed by atoms with van der Waals surface area (Å²) in [7, 11) is 0. The van der Waals surface area contributed by atoms with Crippen LogP contribution in [0.1, 0.15) is 86.6 Å². The van der Waals surface area contributed by atoms with Gasteiger partial charge < -0.3 is 9.64 Å². The zero-order chi connectivity index (χ0) is 18.6. The largest absolute Gasteiger partial charge is 0.493 e. The Morgan fingerprint density at radius 1 is 1.22 bits per heavy atom. The topological polar surface area (TPSA) is 29.5 Å². The van der Waals surface area contributed by atoms with E-state index in [1.807, 2.05) is 4.90 Å². The summed E-state index contributed by atoms with van der Waals surface area (Å²) in [5.74, 6) is 1.36. The third-order valence-corrected chi connectivity index (χ3v) is 7.51. The van der Waals surface area contributed by atoms with E-state index < -0.39 is 5.82 Å². The maximum atomic E-state index is 14.9. The van der Waals surface area contributed by atoms with Crippen LogP contribution in [0.4, 0.5) is 4.39 Å². The van der Waals surface area contributed by atoms with Gasteiger partial charge in [-0.2, -0.15) is 0 Å². The molecule has 27 heavy (non-hydrogen) atoms. The average molecular weight is 371 g/mol. The van der Waals surface area contributed by atoms with Crippen molar-refractivity contribution in [2.45, 2.75) is 76.7 Å². The Bertz CT molecular complexity index is 759. The zero-order valence-corrected chi connectivity index (χ0v) is 16.3. The lowest BCUT2D eigenvalue weighted by Crippen LogP contribution is -2.34. The van der Waals surface area contributed by atoms with E-state index in [4.69, 9.17) is 4.74 Å². The van der Waals surface area contributed by atoms with Crippen molar-refractivity contribution >= 4 is 5.91 Å². The lowest BCUT2D eigenvalue weighted by Gasteiger charge is -2.24. The van der Waals surface area contributed by atoms with E-state index in [9.17, 15) is 9.18 Å². The SMILES string of the molecule is C[C@@H]1CCCN1C(=O)c1cc(C2CC2)c(OCC23CCCCC2C3)cc1F. The molecule has 3 aliphatic carbocycles. The lowest BCUT2D eigenvalue weighted by atomic mass is 9.89. The monoisotopic (exact) mass is 371 g/mol. The van der Waals surface area contributed by atoms with Crippen LogP contribution in [-0.4, -0.2) is 30.0 Å². The number of carbonyl (C=O) groups is 1. The van der Waals surface area contributed by atoms with Gasteiger partial charge in [0.25, 0.3) is 5.91 Å². The van der Waals surface area contributed by atoms with Crippen LogP contribution in [0, 0.1) is 17.2 Å². The van der Waals surface area contributed by atoms with E-state index >= 15 is 0 Å². The Balaban J connectivity index is 1.38. The van der Waals surface area contributed by atoms with Crippen molar-refractivity contribution in [2.75, 3.05) is 13.2 Å². The maximum Gasteiger partial charge on any atom is 0.257 e. The second-order valence-corrected chi connectivity index (χ2v) is 9.43. The number of rotatable bonds is 5. The molecule has 4 aliphatic rings. The third kappa shape index (κ3) is 3.15. The van der Waals surface area contributed by atoms with Gasteiger partial charge in [-0.05, 0) is 75.3 Å². The first-order chi connectivity index (χ1) is 13.1. The second-order valence-electron chi connectivity index (χ2n) is 9.43. The molecule has 4 fully saturated rings. The number of amides is 1. The Kier molecular flexibility index (Phi) is 4.21. The van der Waals surface area contributed by atoms with Gasteiger partial charge in [0.05, 0.1) is 12.2 Å². The summed E-state index contributed by atoms with van der Waals surface area (Å²) in [5.41, 5.74) is 1.64. The van der Waals surface area contributed by atoms with Crippen molar-refractivity contribution in [1.29, 1.82) is 0 Å². The van der Waals surface area contributed by atoms with E-state index in [0.717, 1.165) is 43.7 Å². The van der Waals surface area contributed by atoms with Crippen molar-refractivity contribution in [3.63, 3.8) is 0 Å². The lowest BCUT2D eigenvalue weighted by molar-refractivity contribution is 0.0742. The number of hydrogen-bond donors (Lipinski definition) is 0. The smallest absolute Gasteiger partial charge is 0.257 e. The van der Waals surface area contributed by atoms with Crippen molar-refractivity contribution < 1.29 is 13.9 Å². The molecule has 1 aliphatic heterocycles. The summed E-state index contributed by atoms with van der Waals surface area (Å²) in [6.07, 6.45) is 10.7. The normalized spacial score (nSPS) is 32.3. The van der Waals surface area contributed by atoms with Gasteiger partial charge >= 0.3 is 0 Å². The average Bonchev–Trinajstić information content (AvgIpc) is 3.57. The summed E-state index contributed by atoms with van der Waals surface area (Å²) in [5, 5.41) is 0. The van der Waals surface area contributed by atoms with Crippen LogP contribution in [-0.2, 0) is 0 Å². The van der Waals surface area contributed by atoms with Crippen molar-refractivity contribution in [2.24, 2.45) is 11.3 Å². The third-order valence-electron chi connectivity index (χ3n) is 7.51. The molecule has 1 heterocycles. The molecule has 1 aromatic carbocycles. The fourth-order valence-electron chi connectivity index (χ4n) is 5.45. The molecule has 0 N–H and O–H groups in total. The van der Waals surface area contributed by atoms with E-state index in [1.54, 1.807) is 6.07 Å². The second kappa shape index (κ2) is 6.49. The molecule has 0 spiro atoms. The summed E-state index contributed by atoms with van der Waals surface area (Å²) in [6, 6.07) is 3.51. The van der Waals surface area contributed by atoms with Crippen molar-refractivity contribution in [3.8, 4) is 5.75 Å². The van der Waals surface area contributed by atoms with Gasteiger partial charge in [-0.3, -0.25) is 4.79 Å². The predicted molar refractivity (Wildman–Crippen MR) is 103 cm³/mol. The first-order valence-electron chi connectivity index (χ1n) is 10.8. The molecule has 146 valence electrons. The first-order valence-corrected chi connectivity index (χ1v) is 10.8. The number of likely N-dealkylation sites (tertiary alicyclic amines) is 1. The van der Waals surface area contributed by atoms with E-state index in [2.05, 4.69) is 6.92 Å². The van der Waals surface area contributed by atoms with Gasteiger partial charge in [-0.15, -0.1) is 0 Å². The standard InChI is InChI=1S/C23H30FNO2/c1-15-5-4-10-25(15)22(26)19-11-18(16-7-8-16)21(12-20(19)24)27-14-23-9-3-2-6-17(23)13-23/h11-12,15-17H,2-10,13-14H2,1H3/t15-,17?,23?/m1/s1. The number of benzene rings is 1.